The number of halogens is 1. The molecular formula is C20H23FN2O2. The molecule has 5 heteroatoms. The molecule has 4 nitrogen and oxygen atoms in total. The van der Waals surface area contributed by atoms with Crippen LogP contribution < -0.4 is 10.6 Å². The van der Waals surface area contributed by atoms with Crippen molar-refractivity contribution in [3.8, 4) is 0 Å². The van der Waals surface area contributed by atoms with Gasteiger partial charge in [-0.15, -0.1) is 0 Å². The average Bonchev–Trinajstić information content (AvgIpc) is 2.58. The molecule has 0 saturated carbocycles. The number of carbonyl (C=O) groups excluding carboxylic acids is 2. The monoisotopic (exact) mass is 342 g/mol. The molecule has 0 heterocycles. The lowest BCUT2D eigenvalue weighted by Crippen LogP contribution is -2.49. The van der Waals surface area contributed by atoms with Crippen LogP contribution >= 0.6 is 0 Å². The normalized spacial score (nSPS) is 11.9. The quantitative estimate of drug-likeness (QED) is 0.847. The predicted molar refractivity (Wildman–Crippen MR) is 95.5 cm³/mol. The summed E-state index contributed by atoms with van der Waals surface area (Å²) in [5.41, 5.74) is 1.79. The van der Waals surface area contributed by atoms with Gasteiger partial charge in [-0.2, -0.15) is 0 Å². The van der Waals surface area contributed by atoms with Crippen LogP contribution in [0.4, 0.5) is 4.39 Å². The lowest BCUT2D eigenvalue weighted by molar-refractivity contribution is -0.124. The minimum atomic E-state index is -0.695. The molecule has 2 rings (SSSR count). The molecule has 2 amide bonds. The van der Waals surface area contributed by atoms with Gasteiger partial charge in [0.05, 0.1) is 0 Å². The summed E-state index contributed by atoms with van der Waals surface area (Å²) in [5.74, 6) is -1.10. The summed E-state index contributed by atoms with van der Waals surface area (Å²) < 4.78 is 13.7. The molecule has 0 fully saturated rings. The third-order valence-electron chi connectivity index (χ3n) is 4.04. The molecule has 0 aliphatic rings. The first kappa shape index (κ1) is 18.6. The SMILES string of the molecule is Cc1ccccc1C(=O)N[C@H](C(=O)NCc1ccccc1F)C(C)C. The standard InChI is InChI=1S/C20H23FN2O2/c1-13(2)18(23-19(24)16-10-6-4-8-14(16)3)20(25)22-12-15-9-5-7-11-17(15)21/h4-11,13,18H,12H2,1-3H3,(H,22,25)(H,23,24)/t18-/m0/s1. The van der Waals surface area contributed by atoms with Gasteiger partial charge in [-0.1, -0.05) is 50.2 Å². The zero-order valence-corrected chi connectivity index (χ0v) is 14.7. The zero-order valence-electron chi connectivity index (χ0n) is 14.7. The number of carbonyl (C=O) groups is 2. The molecule has 0 aliphatic heterocycles. The molecule has 0 radical (unpaired) electrons. The van der Waals surface area contributed by atoms with Gasteiger partial charge in [0.2, 0.25) is 5.91 Å². The molecule has 0 aliphatic carbocycles. The van der Waals surface area contributed by atoms with Gasteiger partial charge in [0.25, 0.3) is 5.91 Å². The van der Waals surface area contributed by atoms with Crippen LogP contribution in [0.1, 0.15) is 35.3 Å². The van der Waals surface area contributed by atoms with Gasteiger partial charge in [-0.3, -0.25) is 9.59 Å². The van der Waals surface area contributed by atoms with Crippen molar-refractivity contribution in [3.05, 3.63) is 71.0 Å². The Labute approximate surface area is 147 Å². The van der Waals surface area contributed by atoms with Crippen LogP contribution in [0.15, 0.2) is 48.5 Å². The molecule has 2 aromatic carbocycles. The summed E-state index contributed by atoms with van der Waals surface area (Å²) in [6, 6.07) is 12.8. The highest BCUT2D eigenvalue weighted by Crippen LogP contribution is 2.10. The first-order chi connectivity index (χ1) is 11.9. The lowest BCUT2D eigenvalue weighted by Gasteiger charge is -2.22. The van der Waals surface area contributed by atoms with Crippen molar-refractivity contribution in [1.29, 1.82) is 0 Å². The van der Waals surface area contributed by atoms with Crippen LogP contribution in [0.2, 0.25) is 0 Å². The van der Waals surface area contributed by atoms with Crippen LogP contribution in [0.3, 0.4) is 0 Å². The minimum Gasteiger partial charge on any atom is -0.350 e. The molecule has 25 heavy (non-hydrogen) atoms. The maximum Gasteiger partial charge on any atom is 0.252 e. The van der Waals surface area contributed by atoms with Crippen molar-refractivity contribution in [2.75, 3.05) is 0 Å². The van der Waals surface area contributed by atoms with E-state index in [-0.39, 0.29) is 30.1 Å². The molecule has 0 bridgehead atoms. The molecule has 0 unspecified atom stereocenters. The van der Waals surface area contributed by atoms with E-state index in [0.717, 1.165) is 5.56 Å². The Kier molecular flexibility index (Phi) is 6.28. The number of nitrogens with one attached hydrogen (secondary N) is 2. The van der Waals surface area contributed by atoms with E-state index in [0.29, 0.717) is 11.1 Å². The Morgan fingerprint density at radius 1 is 1.04 bits per heavy atom. The van der Waals surface area contributed by atoms with E-state index in [4.69, 9.17) is 0 Å². The summed E-state index contributed by atoms with van der Waals surface area (Å²) in [7, 11) is 0. The second kappa shape index (κ2) is 8.42. The zero-order chi connectivity index (χ0) is 18.4. The maximum atomic E-state index is 13.7. The van der Waals surface area contributed by atoms with Gasteiger partial charge in [-0.25, -0.2) is 4.39 Å². The van der Waals surface area contributed by atoms with Crippen LogP contribution in [-0.2, 0) is 11.3 Å². The van der Waals surface area contributed by atoms with E-state index >= 15 is 0 Å². The molecule has 0 aromatic heterocycles. The second-order valence-electron chi connectivity index (χ2n) is 6.32. The van der Waals surface area contributed by atoms with Gasteiger partial charge in [-0.05, 0) is 30.5 Å². The Bertz CT molecular complexity index is 759. The summed E-state index contributed by atoms with van der Waals surface area (Å²) in [6.45, 7) is 5.63. The molecule has 132 valence electrons. The van der Waals surface area contributed by atoms with Gasteiger partial charge in [0.15, 0.2) is 0 Å². The summed E-state index contributed by atoms with van der Waals surface area (Å²) in [6.07, 6.45) is 0. The fourth-order valence-electron chi connectivity index (χ4n) is 2.52. The number of benzene rings is 2. The van der Waals surface area contributed by atoms with Gasteiger partial charge < -0.3 is 10.6 Å². The van der Waals surface area contributed by atoms with Crippen LogP contribution in [0.5, 0.6) is 0 Å². The topological polar surface area (TPSA) is 58.2 Å². The Morgan fingerprint density at radius 2 is 1.68 bits per heavy atom. The third-order valence-corrected chi connectivity index (χ3v) is 4.04. The highest BCUT2D eigenvalue weighted by atomic mass is 19.1. The number of rotatable bonds is 6. The number of aryl methyl sites for hydroxylation is 1. The summed E-state index contributed by atoms with van der Waals surface area (Å²) in [5, 5.41) is 5.48. The van der Waals surface area contributed by atoms with Crippen LogP contribution in [0.25, 0.3) is 0 Å². The molecule has 2 aromatic rings. The Balaban J connectivity index is 2.04. The van der Waals surface area contributed by atoms with Crippen molar-refractivity contribution in [2.24, 2.45) is 5.92 Å². The molecule has 2 N–H and O–H groups in total. The molecule has 0 saturated heterocycles. The lowest BCUT2D eigenvalue weighted by atomic mass is 10.0. The average molecular weight is 342 g/mol. The van der Waals surface area contributed by atoms with Crippen molar-refractivity contribution in [3.63, 3.8) is 0 Å². The highest BCUT2D eigenvalue weighted by molar-refractivity contribution is 5.98. The molecule has 0 spiro atoms. The number of hydrogen-bond donors (Lipinski definition) is 2. The largest absolute Gasteiger partial charge is 0.350 e. The fourth-order valence-corrected chi connectivity index (χ4v) is 2.52. The van der Waals surface area contributed by atoms with Crippen molar-refractivity contribution < 1.29 is 14.0 Å². The number of amides is 2. The Hall–Kier alpha value is -2.69. The minimum absolute atomic E-state index is 0.0783. The molecule has 1 atom stereocenters. The van der Waals surface area contributed by atoms with Crippen molar-refractivity contribution in [1.82, 2.24) is 10.6 Å². The second-order valence-corrected chi connectivity index (χ2v) is 6.32. The van der Waals surface area contributed by atoms with E-state index in [1.54, 1.807) is 30.3 Å². The van der Waals surface area contributed by atoms with Gasteiger partial charge in [0.1, 0.15) is 11.9 Å². The molecular weight excluding hydrogens is 319 g/mol. The Morgan fingerprint density at radius 3 is 2.32 bits per heavy atom. The van der Waals surface area contributed by atoms with E-state index < -0.39 is 6.04 Å². The predicted octanol–water partition coefficient (Wildman–Crippen LogP) is 3.20. The smallest absolute Gasteiger partial charge is 0.252 e. The first-order valence-corrected chi connectivity index (χ1v) is 8.27. The van der Waals surface area contributed by atoms with E-state index in [9.17, 15) is 14.0 Å². The van der Waals surface area contributed by atoms with Gasteiger partial charge >= 0.3 is 0 Å². The number of hydrogen-bond acceptors (Lipinski definition) is 2. The summed E-state index contributed by atoms with van der Waals surface area (Å²) in [4.78, 5) is 24.9. The summed E-state index contributed by atoms with van der Waals surface area (Å²) >= 11 is 0. The first-order valence-electron chi connectivity index (χ1n) is 8.27. The maximum absolute atomic E-state index is 13.7. The van der Waals surface area contributed by atoms with Crippen LogP contribution in [-0.4, -0.2) is 17.9 Å². The fraction of sp³-hybridized carbons (Fsp3) is 0.300. The van der Waals surface area contributed by atoms with E-state index in [2.05, 4.69) is 10.6 Å². The third kappa shape index (κ3) is 4.89. The highest BCUT2D eigenvalue weighted by Gasteiger charge is 2.25. The van der Waals surface area contributed by atoms with E-state index in [1.807, 2.05) is 32.9 Å². The van der Waals surface area contributed by atoms with Crippen molar-refractivity contribution in [2.45, 2.75) is 33.4 Å². The van der Waals surface area contributed by atoms with Crippen LogP contribution in [0, 0.1) is 18.7 Å². The van der Waals surface area contributed by atoms with E-state index in [1.165, 1.54) is 6.07 Å². The van der Waals surface area contributed by atoms with Crippen molar-refractivity contribution >= 4 is 11.8 Å². The van der Waals surface area contributed by atoms with Gasteiger partial charge in [0, 0.05) is 17.7 Å².